The van der Waals surface area contributed by atoms with Crippen LogP contribution in [0.25, 0.3) is 0 Å². The standard InChI is InChI=1S/C15H15N5O/c1-11(20-8-4-7-16-20)15-18-17-14-10-21-13-6-3-2-5-12(13)9-19(14)15/h2-8,11H,9-10H2,1H3. The molecule has 0 saturated carbocycles. The van der Waals surface area contributed by atoms with Gasteiger partial charge in [-0.15, -0.1) is 10.2 Å². The van der Waals surface area contributed by atoms with Crippen molar-refractivity contribution in [2.75, 3.05) is 0 Å². The largest absolute Gasteiger partial charge is 0.485 e. The molecule has 1 aromatic carbocycles. The lowest BCUT2D eigenvalue weighted by atomic mass is 10.2. The number of nitrogens with zero attached hydrogens (tertiary/aromatic N) is 5. The van der Waals surface area contributed by atoms with Crippen molar-refractivity contribution in [2.45, 2.75) is 26.1 Å². The number of hydrogen-bond donors (Lipinski definition) is 0. The Bertz CT molecular complexity index is 762. The van der Waals surface area contributed by atoms with Gasteiger partial charge in [-0.05, 0) is 19.1 Å². The summed E-state index contributed by atoms with van der Waals surface area (Å²) < 4.78 is 9.82. The quantitative estimate of drug-likeness (QED) is 0.721. The van der Waals surface area contributed by atoms with Gasteiger partial charge >= 0.3 is 0 Å². The molecule has 0 amide bonds. The van der Waals surface area contributed by atoms with Gasteiger partial charge in [0.15, 0.2) is 11.6 Å². The second-order valence-electron chi connectivity index (χ2n) is 5.12. The predicted octanol–water partition coefficient (Wildman–Crippen LogP) is 2.02. The molecular formula is C15H15N5O. The minimum Gasteiger partial charge on any atom is -0.485 e. The lowest BCUT2D eigenvalue weighted by Crippen LogP contribution is -2.15. The molecule has 1 aliphatic heterocycles. The van der Waals surface area contributed by atoms with Crippen molar-refractivity contribution in [3.63, 3.8) is 0 Å². The number of para-hydroxylation sites is 1. The lowest BCUT2D eigenvalue weighted by molar-refractivity contribution is 0.297. The van der Waals surface area contributed by atoms with Crippen LogP contribution in [0.15, 0.2) is 42.7 Å². The molecule has 0 radical (unpaired) electrons. The number of fused-ring (bicyclic) bond motifs is 2. The van der Waals surface area contributed by atoms with Crippen molar-refractivity contribution in [1.82, 2.24) is 24.5 Å². The summed E-state index contributed by atoms with van der Waals surface area (Å²) >= 11 is 0. The Morgan fingerprint density at radius 1 is 1.19 bits per heavy atom. The van der Waals surface area contributed by atoms with E-state index in [1.165, 1.54) is 0 Å². The third-order valence-corrected chi connectivity index (χ3v) is 3.81. The van der Waals surface area contributed by atoms with Crippen LogP contribution in [-0.2, 0) is 13.2 Å². The first-order valence-electron chi connectivity index (χ1n) is 6.95. The van der Waals surface area contributed by atoms with Gasteiger partial charge in [0.05, 0.1) is 6.54 Å². The highest BCUT2D eigenvalue weighted by molar-refractivity contribution is 5.35. The normalized spacial score (nSPS) is 14.7. The van der Waals surface area contributed by atoms with Crippen molar-refractivity contribution in [3.05, 3.63) is 59.9 Å². The highest BCUT2D eigenvalue weighted by Crippen LogP contribution is 2.26. The SMILES string of the molecule is CC(c1nnc2n1Cc1ccccc1OC2)n1cccn1. The van der Waals surface area contributed by atoms with E-state index in [1.54, 1.807) is 6.20 Å². The first kappa shape index (κ1) is 12.1. The Labute approximate surface area is 122 Å². The Kier molecular flexibility index (Phi) is 2.73. The number of rotatable bonds is 2. The van der Waals surface area contributed by atoms with Crippen molar-refractivity contribution in [2.24, 2.45) is 0 Å². The van der Waals surface area contributed by atoms with Crippen molar-refractivity contribution >= 4 is 0 Å². The van der Waals surface area contributed by atoms with Crippen LogP contribution in [0.3, 0.4) is 0 Å². The lowest BCUT2D eigenvalue weighted by Gasteiger charge is -2.14. The molecule has 3 aromatic rings. The Hall–Kier alpha value is -2.63. The molecule has 3 heterocycles. The number of aromatic nitrogens is 5. The van der Waals surface area contributed by atoms with Gasteiger partial charge in [-0.3, -0.25) is 4.68 Å². The molecule has 21 heavy (non-hydrogen) atoms. The molecule has 0 bridgehead atoms. The fourth-order valence-corrected chi connectivity index (χ4v) is 2.65. The van der Waals surface area contributed by atoms with Gasteiger partial charge in [-0.2, -0.15) is 5.10 Å². The smallest absolute Gasteiger partial charge is 0.171 e. The van der Waals surface area contributed by atoms with E-state index in [2.05, 4.69) is 32.9 Å². The van der Waals surface area contributed by atoms with Crippen molar-refractivity contribution < 1.29 is 4.74 Å². The Morgan fingerprint density at radius 2 is 2.10 bits per heavy atom. The third-order valence-electron chi connectivity index (χ3n) is 3.81. The van der Waals surface area contributed by atoms with Crippen LogP contribution >= 0.6 is 0 Å². The van der Waals surface area contributed by atoms with E-state index in [0.717, 1.165) is 29.5 Å². The molecule has 1 unspecified atom stereocenters. The fraction of sp³-hybridized carbons (Fsp3) is 0.267. The first-order valence-corrected chi connectivity index (χ1v) is 6.95. The summed E-state index contributed by atoms with van der Waals surface area (Å²) in [5.41, 5.74) is 1.14. The minimum atomic E-state index is 0.0338. The maximum Gasteiger partial charge on any atom is 0.171 e. The van der Waals surface area contributed by atoms with E-state index in [-0.39, 0.29) is 6.04 Å². The Balaban J connectivity index is 1.76. The molecule has 0 spiro atoms. The van der Waals surface area contributed by atoms with E-state index in [9.17, 15) is 0 Å². The molecule has 6 heteroatoms. The van der Waals surface area contributed by atoms with Crippen LogP contribution in [0, 0.1) is 0 Å². The molecule has 1 aliphatic rings. The van der Waals surface area contributed by atoms with Gasteiger partial charge in [-0.1, -0.05) is 18.2 Å². The maximum absolute atomic E-state index is 5.81. The van der Waals surface area contributed by atoms with Crippen LogP contribution in [0.4, 0.5) is 0 Å². The number of hydrogen-bond acceptors (Lipinski definition) is 4. The number of benzene rings is 1. The minimum absolute atomic E-state index is 0.0338. The van der Waals surface area contributed by atoms with E-state index in [1.807, 2.05) is 35.1 Å². The summed E-state index contributed by atoms with van der Waals surface area (Å²) in [7, 11) is 0. The molecule has 2 aromatic heterocycles. The van der Waals surface area contributed by atoms with Gasteiger partial charge in [0.1, 0.15) is 18.4 Å². The van der Waals surface area contributed by atoms with E-state index in [0.29, 0.717) is 6.61 Å². The first-order chi connectivity index (χ1) is 10.3. The third kappa shape index (κ3) is 1.99. The zero-order chi connectivity index (χ0) is 14.2. The Morgan fingerprint density at radius 3 is 2.95 bits per heavy atom. The zero-order valence-corrected chi connectivity index (χ0v) is 11.7. The van der Waals surface area contributed by atoms with Crippen LogP contribution in [0.5, 0.6) is 5.75 Å². The van der Waals surface area contributed by atoms with Crippen LogP contribution in [0.2, 0.25) is 0 Å². The molecule has 0 fully saturated rings. The highest BCUT2D eigenvalue weighted by atomic mass is 16.5. The summed E-state index contributed by atoms with van der Waals surface area (Å²) in [6.07, 6.45) is 3.71. The van der Waals surface area contributed by atoms with E-state index >= 15 is 0 Å². The predicted molar refractivity (Wildman–Crippen MR) is 75.9 cm³/mol. The van der Waals surface area contributed by atoms with Crippen molar-refractivity contribution in [3.8, 4) is 5.75 Å². The zero-order valence-electron chi connectivity index (χ0n) is 11.7. The van der Waals surface area contributed by atoms with Gasteiger partial charge < -0.3 is 9.30 Å². The average Bonchev–Trinajstić information content (AvgIpc) is 3.13. The van der Waals surface area contributed by atoms with Gasteiger partial charge in [0, 0.05) is 18.0 Å². The summed E-state index contributed by atoms with van der Waals surface area (Å²) in [6.45, 7) is 3.23. The van der Waals surface area contributed by atoms with Crippen molar-refractivity contribution in [1.29, 1.82) is 0 Å². The highest BCUT2D eigenvalue weighted by Gasteiger charge is 2.22. The fourth-order valence-electron chi connectivity index (χ4n) is 2.65. The molecule has 106 valence electrons. The van der Waals surface area contributed by atoms with Crippen LogP contribution in [0.1, 0.15) is 30.2 Å². The second-order valence-corrected chi connectivity index (χ2v) is 5.12. The van der Waals surface area contributed by atoms with Gasteiger partial charge in [0.2, 0.25) is 0 Å². The molecule has 6 nitrogen and oxygen atoms in total. The van der Waals surface area contributed by atoms with Gasteiger partial charge in [-0.25, -0.2) is 0 Å². The number of ether oxygens (including phenoxy) is 1. The maximum atomic E-state index is 5.81. The average molecular weight is 281 g/mol. The topological polar surface area (TPSA) is 57.8 Å². The molecular weight excluding hydrogens is 266 g/mol. The summed E-state index contributed by atoms with van der Waals surface area (Å²) in [4.78, 5) is 0. The molecule has 1 atom stereocenters. The van der Waals surface area contributed by atoms with E-state index in [4.69, 9.17) is 4.74 Å². The second kappa shape index (κ2) is 4.73. The van der Waals surface area contributed by atoms with E-state index < -0.39 is 0 Å². The summed E-state index contributed by atoms with van der Waals surface area (Å²) in [6, 6.07) is 10.0. The molecule has 0 saturated heterocycles. The summed E-state index contributed by atoms with van der Waals surface area (Å²) in [5.74, 6) is 2.66. The van der Waals surface area contributed by atoms with Crippen LogP contribution < -0.4 is 4.74 Å². The summed E-state index contributed by atoms with van der Waals surface area (Å²) in [5, 5.41) is 12.9. The molecule has 0 aliphatic carbocycles. The molecule has 0 N–H and O–H groups in total. The molecule has 4 rings (SSSR count). The monoisotopic (exact) mass is 281 g/mol. The van der Waals surface area contributed by atoms with Crippen LogP contribution in [-0.4, -0.2) is 24.5 Å². The van der Waals surface area contributed by atoms with Gasteiger partial charge in [0.25, 0.3) is 0 Å².